The van der Waals surface area contributed by atoms with Crippen LogP contribution >= 0.6 is 0 Å². The second-order valence-electron chi connectivity index (χ2n) is 6.67. The van der Waals surface area contributed by atoms with E-state index in [1.807, 2.05) is 43.3 Å². The Balaban J connectivity index is 2.04. The molecule has 148 valence electrons. The highest BCUT2D eigenvalue weighted by molar-refractivity contribution is 5.98. The molecule has 6 heteroatoms. The molecule has 0 saturated carbocycles. The van der Waals surface area contributed by atoms with Crippen LogP contribution in [0.3, 0.4) is 0 Å². The average molecular weight is 380 g/mol. The summed E-state index contributed by atoms with van der Waals surface area (Å²) in [7, 11) is 1.65. The first kappa shape index (κ1) is 19.7. The molecular weight excluding hydrogens is 352 g/mol. The van der Waals surface area contributed by atoms with Gasteiger partial charge in [0.15, 0.2) is 0 Å². The van der Waals surface area contributed by atoms with Crippen LogP contribution in [-0.4, -0.2) is 36.1 Å². The van der Waals surface area contributed by atoms with E-state index in [9.17, 15) is 4.79 Å². The predicted octanol–water partition coefficient (Wildman–Crippen LogP) is 4.82. The van der Waals surface area contributed by atoms with Gasteiger partial charge in [-0.25, -0.2) is 4.98 Å². The van der Waals surface area contributed by atoms with Crippen LogP contribution in [0.1, 0.15) is 33.6 Å². The van der Waals surface area contributed by atoms with E-state index in [2.05, 4.69) is 29.0 Å². The average Bonchev–Trinajstić information content (AvgIpc) is 3.12. The zero-order valence-electron chi connectivity index (χ0n) is 17.0. The fourth-order valence-electron chi connectivity index (χ4n) is 3.30. The van der Waals surface area contributed by atoms with Gasteiger partial charge < -0.3 is 19.9 Å². The molecule has 0 aliphatic carbocycles. The zero-order chi connectivity index (χ0) is 20.1. The van der Waals surface area contributed by atoms with Crippen LogP contribution in [0.2, 0.25) is 0 Å². The van der Waals surface area contributed by atoms with Gasteiger partial charge in [-0.3, -0.25) is 4.79 Å². The number of ether oxygens (including phenoxy) is 1. The number of imidazole rings is 1. The first-order valence-electron chi connectivity index (χ1n) is 9.82. The lowest BCUT2D eigenvalue weighted by Gasteiger charge is -2.24. The van der Waals surface area contributed by atoms with Crippen molar-refractivity contribution in [3.8, 4) is 17.1 Å². The van der Waals surface area contributed by atoms with Gasteiger partial charge in [0.2, 0.25) is 5.91 Å². The molecule has 0 bridgehead atoms. The molecule has 0 fully saturated rings. The fraction of sp³-hybridized carbons (Fsp3) is 0.364. The standard InChI is InChI=1S/C22H28N4O2/c1-5-8-21(27)23-19-13-17-18(14-20(19)26(6-2)7-3)25-22(24-17)15-9-11-16(28-4)12-10-15/h9-14H,5-8H2,1-4H3,(H,23,27)(H,24,25). The number of H-pyrrole nitrogens is 1. The van der Waals surface area contributed by atoms with Gasteiger partial charge in [-0.05, 0) is 56.7 Å². The summed E-state index contributed by atoms with van der Waals surface area (Å²) in [6.45, 7) is 7.93. The first-order chi connectivity index (χ1) is 13.6. The third kappa shape index (κ3) is 4.11. The second-order valence-corrected chi connectivity index (χ2v) is 6.67. The molecule has 1 aromatic heterocycles. The van der Waals surface area contributed by atoms with Gasteiger partial charge in [0.1, 0.15) is 11.6 Å². The minimum absolute atomic E-state index is 0.0325. The molecule has 0 spiro atoms. The molecule has 0 unspecified atom stereocenters. The van der Waals surface area contributed by atoms with Gasteiger partial charge in [-0.1, -0.05) is 6.92 Å². The van der Waals surface area contributed by atoms with Crippen molar-refractivity contribution in [1.29, 1.82) is 0 Å². The number of nitrogens with zero attached hydrogens (tertiary/aromatic N) is 2. The van der Waals surface area contributed by atoms with Crippen molar-refractivity contribution in [2.24, 2.45) is 0 Å². The Bertz CT molecular complexity index is 943. The lowest BCUT2D eigenvalue weighted by Crippen LogP contribution is -2.24. The normalized spacial score (nSPS) is 10.9. The van der Waals surface area contributed by atoms with Gasteiger partial charge in [-0.15, -0.1) is 0 Å². The van der Waals surface area contributed by atoms with Crippen molar-refractivity contribution in [2.75, 3.05) is 30.4 Å². The van der Waals surface area contributed by atoms with Crippen molar-refractivity contribution in [1.82, 2.24) is 9.97 Å². The van der Waals surface area contributed by atoms with Gasteiger partial charge in [0.25, 0.3) is 0 Å². The Morgan fingerprint density at radius 1 is 1.14 bits per heavy atom. The molecule has 0 radical (unpaired) electrons. The van der Waals surface area contributed by atoms with Gasteiger partial charge in [-0.2, -0.15) is 0 Å². The van der Waals surface area contributed by atoms with E-state index in [1.165, 1.54) is 0 Å². The molecule has 3 rings (SSSR count). The van der Waals surface area contributed by atoms with Crippen molar-refractivity contribution in [3.63, 3.8) is 0 Å². The largest absolute Gasteiger partial charge is 0.497 e. The smallest absolute Gasteiger partial charge is 0.224 e. The van der Waals surface area contributed by atoms with Crippen molar-refractivity contribution >= 4 is 28.3 Å². The van der Waals surface area contributed by atoms with Gasteiger partial charge >= 0.3 is 0 Å². The number of hydrogen-bond acceptors (Lipinski definition) is 4. The van der Waals surface area contributed by atoms with Crippen LogP contribution in [0, 0.1) is 0 Å². The molecule has 28 heavy (non-hydrogen) atoms. The van der Waals surface area contributed by atoms with Gasteiger partial charge in [0, 0.05) is 25.1 Å². The first-order valence-corrected chi connectivity index (χ1v) is 9.82. The molecule has 0 aliphatic rings. The van der Waals surface area contributed by atoms with Crippen molar-refractivity contribution in [3.05, 3.63) is 36.4 Å². The predicted molar refractivity (Wildman–Crippen MR) is 115 cm³/mol. The topological polar surface area (TPSA) is 70.2 Å². The van der Waals surface area contributed by atoms with Crippen LogP contribution in [0.4, 0.5) is 11.4 Å². The molecule has 2 N–H and O–H groups in total. The summed E-state index contributed by atoms with van der Waals surface area (Å²) in [6, 6.07) is 11.8. The molecule has 6 nitrogen and oxygen atoms in total. The van der Waals surface area contributed by atoms with E-state index in [1.54, 1.807) is 7.11 Å². The highest BCUT2D eigenvalue weighted by atomic mass is 16.5. The number of carbonyl (C=O) groups is 1. The van der Waals surface area contributed by atoms with E-state index in [4.69, 9.17) is 9.72 Å². The molecule has 1 amide bonds. The highest BCUT2D eigenvalue weighted by Gasteiger charge is 2.15. The molecule has 1 heterocycles. The van der Waals surface area contributed by atoms with Crippen molar-refractivity contribution in [2.45, 2.75) is 33.6 Å². The van der Waals surface area contributed by atoms with E-state index < -0.39 is 0 Å². The number of amides is 1. The number of benzene rings is 2. The van der Waals surface area contributed by atoms with Crippen LogP contribution in [-0.2, 0) is 4.79 Å². The number of carbonyl (C=O) groups excluding carboxylic acids is 1. The van der Waals surface area contributed by atoms with E-state index in [0.717, 1.165) is 59.1 Å². The maximum atomic E-state index is 12.2. The van der Waals surface area contributed by atoms with Crippen LogP contribution < -0.4 is 15.0 Å². The number of aromatic amines is 1. The Kier molecular flexibility index (Phi) is 6.19. The summed E-state index contributed by atoms with van der Waals surface area (Å²) in [5.41, 5.74) is 4.57. The number of aromatic nitrogens is 2. The number of rotatable bonds is 8. The lowest BCUT2D eigenvalue weighted by atomic mass is 10.2. The Morgan fingerprint density at radius 2 is 1.86 bits per heavy atom. The quantitative estimate of drug-likeness (QED) is 0.588. The number of methoxy groups -OCH3 is 1. The number of fused-ring (bicyclic) bond motifs is 1. The van der Waals surface area contributed by atoms with Crippen LogP contribution in [0.5, 0.6) is 5.75 Å². The zero-order valence-corrected chi connectivity index (χ0v) is 17.0. The summed E-state index contributed by atoms with van der Waals surface area (Å²) < 4.78 is 5.23. The monoisotopic (exact) mass is 380 g/mol. The molecule has 0 atom stereocenters. The maximum Gasteiger partial charge on any atom is 0.224 e. The SMILES string of the molecule is CCCC(=O)Nc1cc2[nH]c(-c3ccc(OC)cc3)nc2cc1N(CC)CC. The molecule has 2 aromatic carbocycles. The lowest BCUT2D eigenvalue weighted by molar-refractivity contribution is -0.116. The maximum absolute atomic E-state index is 12.2. The molecule has 0 aliphatic heterocycles. The summed E-state index contributed by atoms with van der Waals surface area (Å²) >= 11 is 0. The Morgan fingerprint density at radius 3 is 2.46 bits per heavy atom. The van der Waals surface area contributed by atoms with Crippen molar-refractivity contribution < 1.29 is 9.53 Å². The third-order valence-electron chi connectivity index (χ3n) is 4.82. The molecular formula is C22H28N4O2. The molecule has 0 saturated heterocycles. The minimum Gasteiger partial charge on any atom is -0.497 e. The highest BCUT2D eigenvalue weighted by Crippen LogP contribution is 2.32. The summed E-state index contributed by atoms with van der Waals surface area (Å²) in [4.78, 5) is 22.6. The van der Waals surface area contributed by atoms with E-state index in [-0.39, 0.29) is 5.91 Å². The summed E-state index contributed by atoms with van der Waals surface area (Å²) in [5.74, 6) is 1.63. The summed E-state index contributed by atoms with van der Waals surface area (Å²) in [6.07, 6.45) is 1.33. The van der Waals surface area contributed by atoms with Crippen LogP contribution in [0.15, 0.2) is 36.4 Å². The van der Waals surface area contributed by atoms with E-state index in [0.29, 0.717) is 6.42 Å². The van der Waals surface area contributed by atoms with E-state index >= 15 is 0 Å². The fourth-order valence-corrected chi connectivity index (χ4v) is 3.30. The number of anilines is 2. The third-order valence-corrected chi connectivity index (χ3v) is 4.82. The minimum atomic E-state index is 0.0325. The summed E-state index contributed by atoms with van der Waals surface area (Å²) in [5, 5.41) is 3.07. The van der Waals surface area contributed by atoms with Gasteiger partial charge in [0.05, 0.1) is 29.5 Å². The van der Waals surface area contributed by atoms with Crippen LogP contribution in [0.25, 0.3) is 22.4 Å². The number of nitrogens with one attached hydrogen (secondary N) is 2. The number of hydrogen-bond donors (Lipinski definition) is 2. The Labute approximate surface area is 165 Å². The second kappa shape index (κ2) is 8.78. The Hall–Kier alpha value is -3.02. The molecule has 3 aromatic rings.